The summed E-state index contributed by atoms with van der Waals surface area (Å²) < 4.78 is 18.2. The number of amides is 2. The summed E-state index contributed by atoms with van der Waals surface area (Å²) in [6, 6.07) is 11.7. The predicted molar refractivity (Wildman–Crippen MR) is 137 cm³/mol. The van der Waals surface area contributed by atoms with Crippen molar-refractivity contribution in [1.29, 1.82) is 0 Å². The van der Waals surface area contributed by atoms with Crippen LogP contribution in [0, 0.1) is 0 Å². The van der Waals surface area contributed by atoms with Crippen LogP contribution in [0.1, 0.15) is 33.6 Å². The molecule has 2 amide bonds. The molecule has 2 aliphatic rings. The number of para-hydroxylation sites is 1. The average molecular weight is 515 g/mol. The Morgan fingerprint density at radius 2 is 1.77 bits per heavy atom. The zero-order chi connectivity index (χ0) is 24.8. The molecule has 0 unspecified atom stereocenters. The molecule has 0 radical (unpaired) electrons. The molecule has 35 heavy (non-hydrogen) atoms. The van der Waals surface area contributed by atoms with E-state index >= 15 is 0 Å². The largest absolute Gasteiger partial charge is 0.489 e. The van der Waals surface area contributed by atoms with Crippen LogP contribution >= 0.6 is 11.6 Å². The van der Waals surface area contributed by atoms with Gasteiger partial charge in [-0.3, -0.25) is 13.8 Å². The summed E-state index contributed by atoms with van der Waals surface area (Å²) in [7, 11) is -1.22. The van der Waals surface area contributed by atoms with Gasteiger partial charge >= 0.3 is 0 Å². The number of anilines is 1. The molecule has 4 N–H and O–H groups in total. The molecule has 2 aromatic rings. The fraction of sp³-hybridized carbons (Fsp3) is 0.280. The van der Waals surface area contributed by atoms with Crippen molar-refractivity contribution >= 4 is 39.9 Å². The third-order valence-corrected chi connectivity index (χ3v) is 6.83. The lowest BCUT2D eigenvalue weighted by Crippen LogP contribution is -2.34. The summed E-state index contributed by atoms with van der Waals surface area (Å²) in [5, 5.41) is 12.6. The van der Waals surface area contributed by atoms with Crippen molar-refractivity contribution in [2.75, 3.05) is 31.2 Å². The van der Waals surface area contributed by atoms with Gasteiger partial charge in [0.2, 0.25) is 0 Å². The van der Waals surface area contributed by atoms with Crippen molar-refractivity contribution < 1.29 is 18.5 Å². The molecule has 0 bridgehead atoms. The van der Waals surface area contributed by atoms with Crippen LogP contribution in [-0.2, 0) is 10.8 Å². The first kappa shape index (κ1) is 25.0. The third-order valence-electron chi connectivity index (χ3n) is 5.66. The normalized spacial score (nSPS) is 16.9. The molecule has 1 fully saturated rings. The van der Waals surface area contributed by atoms with E-state index in [1.807, 2.05) is 0 Å². The van der Waals surface area contributed by atoms with Crippen molar-refractivity contribution in [2.45, 2.75) is 23.8 Å². The van der Waals surface area contributed by atoms with Crippen LogP contribution < -0.4 is 26.0 Å². The fourth-order valence-corrected chi connectivity index (χ4v) is 4.45. The minimum absolute atomic E-state index is 0.0415. The molecule has 1 atom stereocenters. The number of halogens is 1. The number of benzene rings is 2. The number of allylic oxidation sites excluding steroid dienone is 2. The average Bonchev–Trinajstić information content (AvgIpc) is 2.86. The Bertz CT molecular complexity index is 1210. The first-order chi connectivity index (χ1) is 16.9. The number of carbonyl (C=O) groups excluding carboxylic acids is 2. The molecule has 2 aromatic carbocycles. The number of nitrogens with one attached hydrogen (secondary N) is 4. The number of rotatable bonds is 7. The molecule has 0 aliphatic carbocycles. The monoisotopic (exact) mass is 514 g/mol. The molecule has 0 spiro atoms. The van der Waals surface area contributed by atoms with Crippen LogP contribution in [0.25, 0.3) is 0 Å². The lowest BCUT2D eigenvalue weighted by Gasteiger charge is -2.25. The van der Waals surface area contributed by atoms with E-state index in [0.29, 0.717) is 44.9 Å². The van der Waals surface area contributed by atoms with Crippen molar-refractivity contribution in [3.05, 3.63) is 76.6 Å². The zero-order valence-electron chi connectivity index (χ0n) is 19.2. The van der Waals surface area contributed by atoms with E-state index in [1.165, 1.54) is 0 Å². The zero-order valence-corrected chi connectivity index (χ0v) is 20.8. The lowest BCUT2D eigenvalue weighted by atomic mass is 10.1. The number of hydrogen-bond donors (Lipinski definition) is 4. The maximum Gasteiger partial charge on any atom is 0.259 e. The highest BCUT2D eigenvalue weighted by Gasteiger charge is 2.22. The molecular formula is C25H27ClN4O4S. The van der Waals surface area contributed by atoms with Gasteiger partial charge in [-0.15, -0.1) is 0 Å². The van der Waals surface area contributed by atoms with Crippen molar-refractivity contribution in [3.8, 4) is 5.75 Å². The minimum atomic E-state index is -1.22. The first-order valence-electron chi connectivity index (χ1n) is 11.3. The molecule has 184 valence electrons. The van der Waals surface area contributed by atoms with E-state index < -0.39 is 16.7 Å². The van der Waals surface area contributed by atoms with E-state index in [2.05, 4.69) is 21.3 Å². The van der Waals surface area contributed by atoms with Gasteiger partial charge in [0, 0.05) is 27.0 Å². The Balaban J connectivity index is 1.56. The summed E-state index contributed by atoms with van der Waals surface area (Å²) in [5.74, 6) is 0.0897. The van der Waals surface area contributed by atoms with Gasteiger partial charge in [0.1, 0.15) is 17.7 Å². The van der Waals surface area contributed by atoms with Gasteiger partial charge in [0.05, 0.1) is 23.4 Å². The van der Waals surface area contributed by atoms with Gasteiger partial charge < -0.3 is 26.0 Å². The van der Waals surface area contributed by atoms with Gasteiger partial charge in [-0.05, 0) is 68.4 Å². The second-order valence-corrected chi connectivity index (χ2v) is 10.0. The molecule has 10 heteroatoms. The van der Waals surface area contributed by atoms with Crippen molar-refractivity contribution in [2.24, 2.45) is 0 Å². The molecule has 0 saturated carbocycles. The van der Waals surface area contributed by atoms with E-state index in [0.717, 1.165) is 25.9 Å². The lowest BCUT2D eigenvalue weighted by molar-refractivity contribution is 0.0964. The van der Waals surface area contributed by atoms with Crippen LogP contribution in [0.4, 0.5) is 5.69 Å². The molecule has 1 saturated heterocycles. The van der Waals surface area contributed by atoms with E-state index in [-0.39, 0.29) is 12.0 Å². The minimum Gasteiger partial charge on any atom is -0.489 e. The second-order valence-electron chi connectivity index (χ2n) is 8.18. The Hall–Kier alpha value is -3.14. The Kier molecular flexibility index (Phi) is 8.22. The molecule has 8 nitrogen and oxygen atoms in total. The molecule has 2 heterocycles. The van der Waals surface area contributed by atoms with E-state index in [9.17, 15) is 13.8 Å². The van der Waals surface area contributed by atoms with Gasteiger partial charge in [-0.2, -0.15) is 0 Å². The summed E-state index contributed by atoms with van der Waals surface area (Å²) in [4.78, 5) is 26.8. The Labute approximate surface area is 211 Å². The number of carbonyl (C=O) groups is 2. The summed E-state index contributed by atoms with van der Waals surface area (Å²) in [6.07, 6.45) is 6.55. The number of piperidine rings is 1. The third kappa shape index (κ3) is 6.50. The topological polar surface area (TPSA) is 109 Å². The van der Waals surface area contributed by atoms with Gasteiger partial charge in [-0.1, -0.05) is 23.7 Å². The smallest absolute Gasteiger partial charge is 0.259 e. The highest BCUT2D eigenvalue weighted by atomic mass is 35.5. The highest BCUT2D eigenvalue weighted by molar-refractivity contribution is 7.84. The van der Waals surface area contributed by atoms with Crippen molar-refractivity contribution in [3.63, 3.8) is 0 Å². The predicted octanol–water partition coefficient (Wildman–Crippen LogP) is 3.10. The van der Waals surface area contributed by atoms with Crippen LogP contribution in [0.15, 0.2) is 70.4 Å². The molecule has 4 rings (SSSR count). The van der Waals surface area contributed by atoms with Gasteiger partial charge in [-0.25, -0.2) is 0 Å². The summed E-state index contributed by atoms with van der Waals surface area (Å²) in [5.41, 5.74) is 0.969. The number of dihydropyridines is 1. The summed E-state index contributed by atoms with van der Waals surface area (Å²) in [6.45, 7) is 2.09. The van der Waals surface area contributed by atoms with Crippen molar-refractivity contribution in [1.82, 2.24) is 16.0 Å². The maximum absolute atomic E-state index is 13.3. The van der Waals surface area contributed by atoms with E-state index in [4.69, 9.17) is 16.3 Å². The van der Waals surface area contributed by atoms with Crippen LogP contribution in [0.5, 0.6) is 5.75 Å². The second kappa shape index (κ2) is 11.5. The van der Waals surface area contributed by atoms with Gasteiger partial charge in [0.15, 0.2) is 0 Å². The Morgan fingerprint density at radius 1 is 1.03 bits per heavy atom. The van der Waals surface area contributed by atoms with E-state index in [1.54, 1.807) is 60.9 Å². The van der Waals surface area contributed by atoms with Crippen LogP contribution in [-0.4, -0.2) is 48.0 Å². The summed E-state index contributed by atoms with van der Waals surface area (Å²) >= 11 is 5.94. The quantitative estimate of drug-likeness (QED) is 0.452. The molecule has 2 aliphatic heterocycles. The fourth-order valence-electron chi connectivity index (χ4n) is 3.79. The first-order valence-corrected chi connectivity index (χ1v) is 13.2. The SMILES string of the molecule is C[S@](=O)c1ccc(C(=O)Nc2ccccc2C(=O)NC2=CC=C(Cl)CN2)c(OC2CCNCC2)c1. The number of ether oxygens (including phenoxy) is 1. The van der Waals surface area contributed by atoms with Gasteiger partial charge in [0.25, 0.3) is 11.8 Å². The standard InChI is InChI=1S/C25H27ClN4O4S/c1-35(33)18-7-8-20(22(14-18)34-17-10-12-27-13-11-17)25(32)29-21-5-3-2-4-19(21)24(31)30-23-9-6-16(26)15-28-23/h2-9,14,17,27-28H,10-13,15H2,1H3,(H,29,32)(H,30,31)/t35-/m0/s1. The highest BCUT2D eigenvalue weighted by Crippen LogP contribution is 2.27. The molecular weight excluding hydrogens is 488 g/mol. The molecule has 0 aromatic heterocycles. The maximum atomic E-state index is 13.3. The van der Waals surface area contributed by atoms with Crippen LogP contribution in [0.3, 0.4) is 0 Å². The Morgan fingerprint density at radius 3 is 2.49 bits per heavy atom. The number of hydrogen-bond acceptors (Lipinski definition) is 6. The van der Waals surface area contributed by atoms with Crippen LogP contribution in [0.2, 0.25) is 0 Å².